The number of anilines is 1. The van der Waals surface area contributed by atoms with Crippen LogP contribution in [0.5, 0.6) is 11.5 Å². The number of phenols is 2. The lowest BCUT2D eigenvalue weighted by atomic mass is 10.3. The summed E-state index contributed by atoms with van der Waals surface area (Å²) in [7, 11) is 1.65. The number of rotatable bonds is 1. The van der Waals surface area contributed by atoms with Gasteiger partial charge in [0, 0.05) is 7.05 Å². The van der Waals surface area contributed by atoms with Gasteiger partial charge in [0.25, 0.3) is 0 Å². The number of aromatic hydroxyl groups is 2. The summed E-state index contributed by atoms with van der Waals surface area (Å²) in [5.41, 5.74) is 0.438. The van der Waals surface area contributed by atoms with Gasteiger partial charge in [-0.25, -0.2) is 0 Å². The van der Waals surface area contributed by atoms with Gasteiger partial charge >= 0.3 is 0 Å². The first kappa shape index (κ1) is 8.07. The third-order valence-electron chi connectivity index (χ3n) is 1.38. The summed E-state index contributed by atoms with van der Waals surface area (Å²) in [6, 6.07) is 2.79. The molecule has 0 aliphatic carbocycles. The van der Waals surface area contributed by atoms with E-state index in [9.17, 15) is 5.11 Å². The summed E-state index contributed by atoms with van der Waals surface area (Å²) in [5, 5.41) is 21.0. The van der Waals surface area contributed by atoms with Crippen LogP contribution in [0.2, 0.25) is 0 Å². The van der Waals surface area contributed by atoms with E-state index in [2.05, 4.69) is 17.9 Å². The highest BCUT2D eigenvalue weighted by molar-refractivity contribution is 7.80. The van der Waals surface area contributed by atoms with Crippen LogP contribution in [0.25, 0.3) is 0 Å². The average molecular weight is 171 g/mol. The molecule has 0 saturated heterocycles. The lowest BCUT2D eigenvalue weighted by Gasteiger charge is -2.07. The molecule has 0 radical (unpaired) electrons. The molecule has 60 valence electrons. The highest BCUT2D eigenvalue weighted by Crippen LogP contribution is 2.35. The highest BCUT2D eigenvalue weighted by atomic mass is 32.1. The molecule has 0 heterocycles. The molecule has 1 aromatic carbocycles. The maximum Gasteiger partial charge on any atom is 0.140 e. The van der Waals surface area contributed by atoms with Gasteiger partial charge in [0.2, 0.25) is 0 Å². The van der Waals surface area contributed by atoms with E-state index >= 15 is 0 Å². The number of nitrogens with one attached hydrogen (secondary N) is 1. The molecule has 11 heavy (non-hydrogen) atoms. The quantitative estimate of drug-likeness (QED) is 0.294. The Bertz CT molecular complexity index is 275. The molecule has 4 heteroatoms. The van der Waals surface area contributed by atoms with E-state index in [1.54, 1.807) is 7.05 Å². The van der Waals surface area contributed by atoms with Crippen LogP contribution < -0.4 is 5.32 Å². The Morgan fingerprint density at radius 3 is 2.27 bits per heavy atom. The van der Waals surface area contributed by atoms with Crippen LogP contribution in [0, 0.1) is 0 Å². The molecule has 0 aromatic heterocycles. The minimum atomic E-state index is 0.0514. The topological polar surface area (TPSA) is 52.5 Å². The SMILES string of the molecule is CNc1c(O)ccc(O)c1S. The summed E-state index contributed by atoms with van der Waals surface area (Å²) < 4.78 is 0. The van der Waals surface area contributed by atoms with Gasteiger partial charge in [0.15, 0.2) is 0 Å². The zero-order chi connectivity index (χ0) is 8.43. The Balaban J connectivity index is 3.29. The smallest absolute Gasteiger partial charge is 0.140 e. The van der Waals surface area contributed by atoms with E-state index in [0.717, 1.165) is 0 Å². The standard InChI is InChI=1S/C7H9NO2S/c1-8-6-4(9)2-3-5(10)7(6)11/h2-3,8-11H,1H3. The molecule has 0 spiro atoms. The molecule has 0 amide bonds. The van der Waals surface area contributed by atoms with Crippen LogP contribution in [0.3, 0.4) is 0 Å². The Labute approximate surface area is 70.1 Å². The average Bonchev–Trinajstić information content (AvgIpc) is 1.99. The normalized spacial score (nSPS) is 9.64. The Morgan fingerprint density at radius 2 is 1.82 bits per heavy atom. The van der Waals surface area contributed by atoms with Crippen molar-refractivity contribution in [2.45, 2.75) is 4.90 Å². The fourth-order valence-corrected chi connectivity index (χ4v) is 1.12. The Kier molecular flexibility index (Phi) is 2.14. The first-order valence-corrected chi connectivity index (χ1v) is 3.53. The van der Waals surface area contributed by atoms with Crippen molar-refractivity contribution in [2.75, 3.05) is 12.4 Å². The molecule has 0 aliphatic rings. The van der Waals surface area contributed by atoms with E-state index < -0.39 is 0 Å². The second-order valence-electron chi connectivity index (χ2n) is 2.08. The molecule has 3 N–H and O–H groups in total. The number of phenolic OH excluding ortho intramolecular Hbond substituents is 2. The third-order valence-corrected chi connectivity index (χ3v) is 1.84. The fraction of sp³-hybridized carbons (Fsp3) is 0.143. The predicted molar refractivity (Wildman–Crippen MR) is 46.6 cm³/mol. The van der Waals surface area contributed by atoms with E-state index in [0.29, 0.717) is 10.6 Å². The van der Waals surface area contributed by atoms with Gasteiger partial charge in [-0.1, -0.05) is 0 Å². The number of thiol groups is 1. The predicted octanol–water partition coefficient (Wildman–Crippen LogP) is 1.43. The zero-order valence-corrected chi connectivity index (χ0v) is 6.89. The van der Waals surface area contributed by atoms with Crippen molar-refractivity contribution in [3.8, 4) is 11.5 Å². The van der Waals surface area contributed by atoms with Gasteiger partial charge in [-0.2, -0.15) is 0 Å². The first-order chi connectivity index (χ1) is 5.16. The van der Waals surface area contributed by atoms with E-state index in [1.807, 2.05) is 0 Å². The van der Waals surface area contributed by atoms with Crippen LogP contribution in [0.15, 0.2) is 17.0 Å². The maximum atomic E-state index is 9.19. The molecular formula is C7H9NO2S. The molecule has 0 unspecified atom stereocenters. The summed E-state index contributed by atoms with van der Waals surface area (Å²) in [6.45, 7) is 0. The lowest BCUT2D eigenvalue weighted by molar-refractivity contribution is 0.451. The van der Waals surface area contributed by atoms with Crippen molar-refractivity contribution in [2.24, 2.45) is 0 Å². The van der Waals surface area contributed by atoms with Crippen LogP contribution in [-0.2, 0) is 0 Å². The van der Waals surface area contributed by atoms with Crippen LogP contribution in [0.1, 0.15) is 0 Å². The molecule has 0 saturated carbocycles. The van der Waals surface area contributed by atoms with Crippen LogP contribution in [0.4, 0.5) is 5.69 Å². The minimum absolute atomic E-state index is 0.0514. The summed E-state index contributed by atoms with van der Waals surface area (Å²) in [5.74, 6) is 0.130. The van der Waals surface area contributed by atoms with Crippen molar-refractivity contribution < 1.29 is 10.2 Å². The number of benzene rings is 1. The van der Waals surface area contributed by atoms with Crippen LogP contribution >= 0.6 is 12.6 Å². The van der Waals surface area contributed by atoms with E-state index in [4.69, 9.17) is 5.11 Å². The largest absolute Gasteiger partial charge is 0.507 e. The second kappa shape index (κ2) is 2.92. The second-order valence-corrected chi connectivity index (χ2v) is 2.52. The fourth-order valence-electron chi connectivity index (χ4n) is 0.816. The Morgan fingerprint density at radius 1 is 1.27 bits per heavy atom. The molecule has 0 fully saturated rings. The molecule has 0 aliphatic heterocycles. The van der Waals surface area contributed by atoms with Crippen LogP contribution in [-0.4, -0.2) is 17.3 Å². The van der Waals surface area contributed by atoms with Gasteiger partial charge in [-0.05, 0) is 12.1 Å². The Hall–Kier alpha value is -1.03. The molecular weight excluding hydrogens is 162 g/mol. The monoisotopic (exact) mass is 171 g/mol. The third kappa shape index (κ3) is 1.35. The van der Waals surface area contributed by atoms with Gasteiger partial charge in [0.1, 0.15) is 11.5 Å². The van der Waals surface area contributed by atoms with E-state index in [-0.39, 0.29) is 11.5 Å². The van der Waals surface area contributed by atoms with Crippen molar-refractivity contribution >= 4 is 18.3 Å². The van der Waals surface area contributed by atoms with Crippen molar-refractivity contribution in [3.63, 3.8) is 0 Å². The van der Waals surface area contributed by atoms with Crippen molar-refractivity contribution in [1.29, 1.82) is 0 Å². The molecule has 0 bridgehead atoms. The van der Waals surface area contributed by atoms with Crippen molar-refractivity contribution in [1.82, 2.24) is 0 Å². The van der Waals surface area contributed by atoms with Gasteiger partial charge < -0.3 is 15.5 Å². The molecule has 0 atom stereocenters. The number of hydrogen-bond donors (Lipinski definition) is 4. The summed E-state index contributed by atoms with van der Waals surface area (Å²) in [4.78, 5) is 0.354. The number of hydrogen-bond acceptors (Lipinski definition) is 4. The summed E-state index contributed by atoms with van der Waals surface area (Å²) >= 11 is 3.99. The molecule has 3 nitrogen and oxygen atoms in total. The molecule has 1 aromatic rings. The van der Waals surface area contributed by atoms with E-state index in [1.165, 1.54) is 12.1 Å². The van der Waals surface area contributed by atoms with Crippen molar-refractivity contribution in [3.05, 3.63) is 12.1 Å². The lowest BCUT2D eigenvalue weighted by Crippen LogP contribution is -1.89. The van der Waals surface area contributed by atoms with Gasteiger partial charge in [0.05, 0.1) is 10.6 Å². The zero-order valence-electron chi connectivity index (χ0n) is 6.00. The minimum Gasteiger partial charge on any atom is -0.507 e. The van der Waals surface area contributed by atoms with Gasteiger partial charge in [-0.15, -0.1) is 12.6 Å². The highest BCUT2D eigenvalue weighted by Gasteiger charge is 2.06. The van der Waals surface area contributed by atoms with Gasteiger partial charge in [-0.3, -0.25) is 0 Å². The maximum absolute atomic E-state index is 9.19. The first-order valence-electron chi connectivity index (χ1n) is 3.08. The summed E-state index contributed by atoms with van der Waals surface area (Å²) in [6.07, 6.45) is 0. The molecule has 1 rings (SSSR count).